The van der Waals surface area contributed by atoms with Crippen LogP contribution >= 0.6 is 0 Å². The number of aryl methyl sites for hydroxylation is 1. The number of hydrogen-bond acceptors (Lipinski definition) is 4. The third kappa shape index (κ3) is 2.51. The summed E-state index contributed by atoms with van der Waals surface area (Å²) in [6.45, 7) is 1.76. The fourth-order valence-electron chi connectivity index (χ4n) is 0.669. The Morgan fingerprint density at radius 1 is 1.46 bits per heavy atom. The van der Waals surface area contributed by atoms with Crippen molar-refractivity contribution in [1.29, 1.82) is 0 Å². The molecule has 0 saturated carbocycles. The van der Waals surface area contributed by atoms with Crippen LogP contribution in [0.4, 0.5) is 0 Å². The predicted octanol–water partition coefficient (Wildman–Crippen LogP) is -0.824. The molecule has 1 rings (SSSR count). The number of aromatic nitrogens is 2. The third-order valence-corrected chi connectivity index (χ3v) is 1.26. The van der Waals surface area contributed by atoms with Gasteiger partial charge in [-0.2, -0.15) is 0 Å². The van der Waals surface area contributed by atoms with Gasteiger partial charge in [0.05, 0.1) is 11.9 Å². The van der Waals surface area contributed by atoms with E-state index in [9.17, 15) is 9.59 Å². The van der Waals surface area contributed by atoms with Crippen molar-refractivity contribution in [1.82, 2.24) is 20.8 Å². The highest BCUT2D eigenvalue weighted by atomic mass is 16.2. The number of carbonyl (C=O) groups is 2. The first-order valence-electron chi connectivity index (χ1n) is 3.52. The zero-order chi connectivity index (χ0) is 9.68. The summed E-state index contributed by atoms with van der Waals surface area (Å²) in [5.41, 5.74) is 5.00. The van der Waals surface area contributed by atoms with Gasteiger partial charge in [0.2, 0.25) is 6.41 Å². The summed E-state index contributed by atoms with van der Waals surface area (Å²) in [4.78, 5) is 28.6. The second-order valence-electron chi connectivity index (χ2n) is 2.26. The monoisotopic (exact) mass is 180 g/mol. The second kappa shape index (κ2) is 4.15. The Kier molecular flexibility index (Phi) is 2.91. The van der Waals surface area contributed by atoms with Crippen molar-refractivity contribution >= 4 is 12.3 Å². The SMILES string of the molecule is Cc1cnc(C(=O)NNC=O)cn1. The largest absolute Gasteiger partial charge is 0.289 e. The van der Waals surface area contributed by atoms with Crippen LogP contribution < -0.4 is 10.9 Å². The Bertz CT molecular complexity index is 309. The van der Waals surface area contributed by atoms with E-state index in [-0.39, 0.29) is 5.69 Å². The van der Waals surface area contributed by atoms with Gasteiger partial charge < -0.3 is 0 Å². The van der Waals surface area contributed by atoms with Crippen molar-refractivity contribution < 1.29 is 9.59 Å². The average Bonchev–Trinajstić information content (AvgIpc) is 2.15. The van der Waals surface area contributed by atoms with E-state index in [0.717, 1.165) is 5.69 Å². The molecule has 0 aliphatic carbocycles. The average molecular weight is 180 g/mol. The van der Waals surface area contributed by atoms with Gasteiger partial charge in [-0.25, -0.2) is 4.98 Å². The molecule has 2 amide bonds. The van der Waals surface area contributed by atoms with E-state index in [1.165, 1.54) is 12.4 Å². The lowest BCUT2D eigenvalue weighted by Gasteiger charge is -2.00. The van der Waals surface area contributed by atoms with Gasteiger partial charge in [0, 0.05) is 6.20 Å². The van der Waals surface area contributed by atoms with Crippen LogP contribution in [0.25, 0.3) is 0 Å². The van der Waals surface area contributed by atoms with Crippen LogP contribution in [-0.4, -0.2) is 22.3 Å². The molecule has 0 atom stereocenters. The van der Waals surface area contributed by atoms with Crippen LogP contribution in [0.3, 0.4) is 0 Å². The van der Waals surface area contributed by atoms with E-state index in [1.807, 2.05) is 5.43 Å². The van der Waals surface area contributed by atoms with Crippen molar-refractivity contribution in [2.45, 2.75) is 6.92 Å². The summed E-state index contributed by atoms with van der Waals surface area (Å²) in [6, 6.07) is 0. The van der Waals surface area contributed by atoms with Crippen LogP contribution in [0.15, 0.2) is 12.4 Å². The number of hydrazine groups is 1. The molecule has 0 radical (unpaired) electrons. The highest BCUT2D eigenvalue weighted by Crippen LogP contribution is 1.92. The molecule has 1 aromatic rings. The Morgan fingerprint density at radius 2 is 2.23 bits per heavy atom. The summed E-state index contributed by atoms with van der Waals surface area (Å²) in [7, 11) is 0. The number of nitrogens with one attached hydrogen (secondary N) is 2. The summed E-state index contributed by atoms with van der Waals surface area (Å²) in [5.74, 6) is -0.500. The summed E-state index contributed by atoms with van der Waals surface area (Å²) in [5, 5.41) is 0. The molecule has 6 heteroatoms. The van der Waals surface area contributed by atoms with E-state index in [4.69, 9.17) is 0 Å². The molecule has 0 fully saturated rings. The quantitative estimate of drug-likeness (QED) is 0.470. The Morgan fingerprint density at radius 3 is 2.77 bits per heavy atom. The maximum atomic E-state index is 11.1. The number of nitrogens with zero attached hydrogens (tertiary/aromatic N) is 2. The van der Waals surface area contributed by atoms with Gasteiger partial charge in [-0.15, -0.1) is 0 Å². The normalized spacial score (nSPS) is 9.00. The fourth-order valence-corrected chi connectivity index (χ4v) is 0.669. The number of amides is 2. The van der Waals surface area contributed by atoms with Crippen molar-refractivity contribution in [2.75, 3.05) is 0 Å². The molecule has 68 valence electrons. The second-order valence-corrected chi connectivity index (χ2v) is 2.26. The van der Waals surface area contributed by atoms with E-state index < -0.39 is 5.91 Å². The lowest BCUT2D eigenvalue weighted by atomic mass is 10.4. The Hall–Kier alpha value is -1.98. The van der Waals surface area contributed by atoms with E-state index in [1.54, 1.807) is 6.92 Å². The summed E-state index contributed by atoms with van der Waals surface area (Å²) >= 11 is 0. The maximum Gasteiger partial charge on any atom is 0.289 e. The molecule has 1 aromatic heterocycles. The Balaban J connectivity index is 2.66. The first kappa shape index (κ1) is 9.11. The minimum Gasteiger partial charge on any atom is -0.277 e. The number of carbonyl (C=O) groups excluding carboxylic acids is 2. The third-order valence-electron chi connectivity index (χ3n) is 1.26. The Labute approximate surface area is 74.4 Å². The minimum absolute atomic E-state index is 0.153. The van der Waals surface area contributed by atoms with E-state index in [0.29, 0.717) is 6.41 Å². The highest BCUT2D eigenvalue weighted by molar-refractivity contribution is 5.92. The van der Waals surface area contributed by atoms with Gasteiger partial charge in [-0.05, 0) is 6.92 Å². The van der Waals surface area contributed by atoms with Crippen molar-refractivity contribution in [3.63, 3.8) is 0 Å². The standard InChI is InChI=1S/C7H8N4O2/c1-5-2-9-6(3-8-5)7(13)11-10-4-12/h2-4H,1H3,(H,10,12)(H,11,13). The highest BCUT2D eigenvalue weighted by Gasteiger charge is 2.05. The van der Waals surface area contributed by atoms with Crippen LogP contribution in [0, 0.1) is 6.92 Å². The summed E-state index contributed by atoms with van der Waals surface area (Å²) < 4.78 is 0. The molecule has 6 nitrogen and oxygen atoms in total. The molecule has 2 N–H and O–H groups in total. The van der Waals surface area contributed by atoms with Gasteiger partial charge in [0.1, 0.15) is 5.69 Å². The molecule has 13 heavy (non-hydrogen) atoms. The molecular weight excluding hydrogens is 172 g/mol. The van der Waals surface area contributed by atoms with E-state index in [2.05, 4.69) is 15.4 Å². The topological polar surface area (TPSA) is 84.0 Å². The zero-order valence-corrected chi connectivity index (χ0v) is 6.94. The maximum absolute atomic E-state index is 11.1. The lowest BCUT2D eigenvalue weighted by molar-refractivity contribution is -0.110. The molecule has 0 aliphatic rings. The predicted molar refractivity (Wildman–Crippen MR) is 43.4 cm³/mol. The van der Waals surface area contributed by atoms with Gasteiger partial charge in [0.25, 0.3) is 5.91 Å². The first-order chi connectivity index (χ1) is 6.24. The molecule has 0 aliphatic heterocycles. The first-order valence-corrected chi connectivity index (χ1v) is 3.52. The van der Waals surface area contributed by atoms with Crippen LogP contribution in [0.1, 0.15) is 16.2 Å². The molecule has 0 spiro atoms. The molecule has 0 unspecified atom stereocenters. The molecular formula is C7H8N4O2. The number of rotatable bonds is 3. The number of hydrogen-bond donors (Lipinski definition) is 2. The smallest absolute Gasteiger partial charge is 0.277 e. The molecule has 1 heterocycles. The fraction of sp³-hybridized carbons (Fsp3) is 0.143. The molecule has 0 saturated heterocycles. The van der Waals surface area contributed by atoms with Crippen molar-refractivity contribution in [3.05, 3.63) is 23.8 Å². The zero-order valence-electron chi connectivity index (χ0n) is 6.94. The van der Waals surface area contributed by atoms with Crippen molar-refractivity contribution in [2.24, 2.45) is 0 Å². The van der Waals surface area contributed by atoms with Gasteiger partial charge in [-0.1, -0.05) is 0 Å². The molecule has 0 bridgehead atoms. The van der Waals surface area contributed by atoms with Crippen LogP contribution in [0.2, 0.25) is 0 Å². The van der Waals surface area contributed by atoms with E-state index >= 15 is 0 Å². The van der Waals surface area contributed by atoms with Crippen LogP contribution in [0.5, 0.6) is 0 Å². The van der Waals surface area contributed by atoms with Gasteiger partial charge in [-0.3, -0.25) is 25.4 Å². The lowest BCUT2D eigenvalue weighted by Crippen LogP contribution is -2.36. The van der Waals surface area contributed by atoms with Crippen LogP contribution in [-0.2, 0) is 4.79 Å². The summed E-state index contributed by atoms with van der Waals surface area (Å²) in [6.07, 6.45) is 3.16. The molecule has 0 aromatic carbocycles. The van der Waals surface area contributed by atoms with Crippen molar-refractivity contribution in [3.8, 4) is 0 Å². The van der Waals surface area contributed by atoms with Gasteiger partial charge >= 0.3 is 0 Å². The van der Waals surface area contributed by atoms with Gasteiger partial charge in [0.15, 0.2) is 0 Å². The minimum atomic E-state index is -0.500.